The van der Waals surface area contributed by atoms with Gasteiger partial charge in [0.15, 0.2) is 0 Å². The Morgan fingerprint density at radius 2 is 2.29 bits per heavy atom. The molecule has 1 saturated carbocycles. The van der Waals surface area contributed by atoms with Crippen LogP contribution in [-0.2, 0) is 9.53 Å². The summed E-state index contributed by atoms with van der Waals surface area (Å²) in [5.41, 5.74) is 0.207. The molecule has 2 N–H and O–H groups in total. The Kier molecular flexibility index (Phi) is 3.73. The minimum Gasteiger partial charge on any atom is -0.378 e. The minimum atomic E-state index is 0.192. The molecule has 0 bridgehead atoms. The molecule has 2 rings (SSSR count). The van der Waals surface area contributed by atoms with Gasteiger partial charge in [-0.15, -0.1) is 0 Å². The van der Waals surface area contributed by atoms with Crippen LogP contribution in [-0.4, -0.2) is 37.2 Å². The van der Waals surface area contributed by atoms with Crippen LogP contribution in [0.1, 0.15) is 40.0 Å². The number of hydrogen-bond donors (Lipinski definition) is 2. The van der Waals surface area contributed by atoms with Gasteiger partial charge in [0.25, 0.3) is 0 Å². The molecule has 2 aliphatic rings. The number of rotatable bonds is 5. The molecule has 2 fully saturated rings. The number of nitrogens with one attached hydrogen (secondary N) is 2. The highest BCUT2D eigenvalue weighted by Crippen LogP contribution is 2.42. The summed E-state index contributed by atoms with van der Waals surface area (Å²) in [6, 6.07) is 0.834. The summed E-state index contributed by atoms with van der Waals surface area (Å²) in [5.74, 6) is 0.192. The standard InChI is InChI=1S/C13H24N2O2/c1-4-17-11-7-10(13(11,2)3)14-8-9-5-6-12(16)15-9/h9-11,14H,4-8H2,1-3H3,(H,15,16). The normalized spacial score (nSPS) is 35.5. The molecule has 1 amide bonds. The summed E-state index contributed by atoms with van der Waals surface area (Å²) < 4.78 is 5.70. The van der Waals surface area contributed by atoms with Gasteiger partial charge in [-0.3, -0.25) is 4.79 Å². The lowest BCUT2D eigenvalue weighted by Gasteiger charge is -2.52. The maximum atomic E-state index is 11.1. The molecular weight excluding hydrogens is 216 g/mol. The van der Waals surface area contributed by atoms with Crippen LogP contribution in [0, 0.1) is 5.41 Å². The molecule has 1 saturated heterocycles. The first-order valence-corrected chi connectivity index (χ1v) is 6.68. The third kappa shape index (κ3) is 2.63. The van der Waals surface area contributed by atoms with Crippen LogP contribution in [0.15, 0.2) is 0 Å². The van der Waals surface area contributed by atoms with Crippen molar-refractivity contribution in [1.29, 1.82) is 0 Å². The third-order valence-electron chi connectivity index (χ3n) is 4.24. The second-order valence-corrected chi connectivity index (χ2v) is 5.76. The van der Waals surface area contributed by atoms with E-state index in [4.69, 9.17) is 4.74 Å². The third-order valence-corrected chi connectivity index (χ3v) is 4.24. The van der Waals surface area contributed by atoms with Crippen molar-refractivity contribution in [2.45, 2.75) is 58.2 Å². The Balaban J connectivity index is 1.72. The van der Waals surface area contributed by atoms with E-state index < -0.39 is 0 Å². The van der Waals surface area contributed by atoms with E-state index in [1.165, 1.54) is 0 Å². The number of carbonyl (C=O) groups excluding carboxylic acids is 1. The summed E-state index contributed by atoms with van der Waals surface area (Å²) >= 11 is 0. The van der Waals surface area contributed by atoms with E-state index in [9.17, 15) is 4.79 Å². The fourth-order valence-electron chi connectivity index (χ4n) is 2.83. The quantitative estimate of drug-likeness (QED) is 0.755. The van der Waals surface area contributed by atoms with Crippen LogP contribution < -0.4 is 10.6 Å². The first-order chi connectivity index (χ1) is 8.04. The van der Waals surface area contributed by atoms with Crippen molar-refractivity contribution in [2.24, 2.45) is 5.41 Å². The van der Waals surface area contributed by atoms with E-state index in [-0.39, 0.29) is 11.3 Å². The van der Waals surface area contributed by atoms with Gasteiger partial charge in [-0.1, -0.05) is 13.8 Å². The van der Waals surface area contributed by atoms with Crippen LogP contribution in [0.4, 0.5) is 0 Å². The van der Waals surface area contributed by atoms with E-state index in [0.29, 0.717) is 24.6 Å². The maximum absolute atomic E-state index is 11.1. The summed E-state index contributed by atoms with van der Waals surface area (Å²) in [4.78, 5) is 11.1. The van der Waals surface area contributed by atoms with Gasteiger partial charge >= 0.3 is 0 Å². The smallest absolute Gasteiger partial charge is 0.220 e. The molecule has 4 nitrogen and oxygen atoms in total. The van der Waals surface area contributed by atoms with E-state index >= 15 is 0 Å². The van der Waals surface area contributed by atoms with Gasteiger partial charge in [-0.25, -0.2) is 0 Å². The molecule has 0 aromatic heterocycles. The van der Waals surface area contributed by atoms with Gasteiger partial charge in [-0.2, -0.15) is 0 Å². The Hall–Kier alpha value is -0.610. The lowest BCUT2D eigenvalue weighted by Crippen LogP contribution is -2.62. The molecule has 17 heavy (non-hydrogen) atoms. The van der Waals surface area contributed by atoms with Crippen molar-refractivity contribution < 1.29 is 9.53 Å². The van der Waals surface area contributed by atoms with E-state index in [1.54, 1.807) is 0 Å². The van der Waals surface area contributed by atoms with E-state index in [1.807, 2.05) is 6.92 Å². The predicted molar refractivity (Wildman–Crippen MR) is 66.8 cm³/mol. The molecule has 98 valence electrons. The number of ether oxygens (including phenoxy) is 1. The highest BCUT2D eigenvalue weighted by molar-refractivity contribution is 5.78. The van der Waals surface area contributed by atoms with Crippen LogP contribution >= 0.6 is 0 Å². The minimum absolute atomic E-state index is 0.192. The molecule has 1 aliphatic carbocycles. The van der Waals surface area contributed by atoms with Crippen molar-refractivity contribution >= 4 is 5.91 Å². The van der Waals surface area contributed by atoms with Gasteiger partial charge in [0, 0.05) is 37.1 Å². The van der Waals surface area contributed by atoms with Gasteiger partial charge in [0.05, 0.1) is 6.10 Å². The molecular formula is C13H24N2O2. The van der Waals surface area contributed by atoms with Crippen molar-refractivity contribution in [1.82, 2.24) is 10.6 Å². The Bertz CT molecular complexity index is 291. The average Bonchev–Trinajstić information content (AvgIpc) is 2.68. The molecule has 0 spiro atoms. The van der Waals surface area contributed by atoms with E-state index in [2.05, 4.69) is 24.5 Å². The Labute approximate surface area is 103 Å². The summed E-state index contributed by atoms with van der Waals surface area (Å²) in [5, 5.41) is 6.55. The molecule has 0 aromatic rings. The predicted octanol–water partition coefficient (Wildman–Crippen LogP) is 1.06. The first-order valence-electron chi connectivity index (χ1n) is 6.68. The zero-order valence-electron chi connectivity index (χ0n) is 11.1. The van der Waals surface area contributed by atoms with Crippen LogP contribution in [0.5, 0.6) is 0 Å². The monoisotopic (exact) mass is 240 g/mol. The molecule has 0 aromatic carbocycles. The largest absolute Gasteiger partial charge is 0.378 e. The molecule has 1 aliphatic heterocycles. The summed E-state index contributed by atoms with van der Waals surface area (Å²) in [6.45, 7) is 8.23. The first kappa shape index (κ1) is 12.8. The highest BCUT2D eigenvalue weighted by Gasteiger charge is 2.48. The SMILES string of the molecule is CCOC1CC(NCC2CCC(=O)N2)C1(C)C. The van der Waals surface area contributed by atoms with Crippen molar-refractivity contribution in [2.75, 3.05) is 13.2 Å². The van der Waals surface area contributed by atoms with Crippen LogP contribution in [0.3, 0.4) is 0 Å². The molecule has 3 unspecified atom stereocenters. The van der Waals surface area contributed by atoms with Gasteiger partial charge in [0.1, 0.15) is 0 Å². The zero-order chi connectivity index (χ0) is 12.5. The van der Waals surface area contributed by atoms with Crippen LogP contribution in [0.25, 0.3) is 0 Å². The highest BCUT2D eigenvalue weighted by atomic mass is 16.5. The summed E-state index contributed by atoms with van der Waals surface area (Å²) in [6.07, 6.45) is 3.11. The van der Waals surface area contributed by atoms with E-state index in [0.717, 1.165) is 26.0 Å². The van der Waals surface area contributed by atoms with Gasteiger partial charge in [0.2, 0.25) is 5.91 Å². The fourth-order valence-corrected chi connectivity index (χ4v) is 2.83. The zero-order valence-corrected chi connectivity index (χ0v) is 11.1. The number of carbonyl (C=O) groups is 1. The number of hydrogen-bond acceptors (Lipinski definition) is 3. The van der Waals surface area contributed by atoms with Crippen molar-refractivity contribution in [3.8, 4) is 0 Å². The second-order valence-electron chi connectivity index (χ2n) is 5.76. The van der Waals surface area contributed by atoms with Crippen molar-refractivity contribution in [3.05, 3.63) is 0 Å². The Morgan fingerprint density at radius 1 is 1.53 bits per heavy atom. The van der Waals surface area contributed by atoms with Crippen LogP contribution in [0.2, 0.25) is 0 Å². The molecule has 4 heteroatoms. The van der Waals surface area contributed by atoms with Crippen molar-refractivity contribution in [3.63, 3.8) is 0 Å². The topological polar surface area (TPSA) is 50.4 Å². The van der Waals surface area contributed by atoms with Gasteiger partial charge in [-0.05, 0) is 19.8 Å². The maximum Gasteiger partial charge on any atom is 0.220 e. The molecule has 1 heterocycles. The average molecular weight is 240 g/mol. The fraction of sp³-hybridized carbons (Fsp3) is 0.923. The van der Waals surface area contributed by atoms with Gasteiger partial charge < -0.3 is 15.4 Å². The lowest BCUT2D eigenvalue weighted by molar-refractivity contribution is -0.119. The summed E-state index contributed by atoms with van der Waals surface area (Å²) in [7, 11) is 0. The Morgan fingerprint density at radius 3 is 2.82 bits per heavy atom. The molecule has 3 atom stereocenters. The molecule has 0 radical (unpaired) electrons. The second kappa shape index (κ2) is 4.94. The lowest BCUT2D eigenvalue weighted by atomic mass is 9.64. The number of amides is 1.